The van der Waals surface area contributed by atoms with Gasteiger partial charge in [-0.1, -0.05) is 12.1 Å². The molecule has 1 fully saturated rings. The van der Waals surface area contributed by atoms with Crippen molar-refractivity contribution in [3.05, 3.63) is 35.8 Å². The number of primary amides is 1. The summed E-state index contributed by atoms with van der Waals surface area (Å²) in [5.74, 6) is -1.35. The van der Waals surface area contributed by atoms with E-state index in [-0.39, 0.29) is 30.3 Å². The van der Waals surface area contributed by atoms with E-state index in [1.165, 1.54) is 11.0 Å². The Morgan fingerprint density at radius 2 is 2.23 bits per heavy atom. The number of aromatic nitrogens is 1. The van der Waals surface area contributed by atoms with Gasteiger partial charge in [-0.3, -0.25) is 9.59 Å². The molecule has 3 N–H and O–H groups in total. The molecule has 6 nitrogen and oxygen atoms in total. The van der Waals surface area contributed by atoms with E-state index in [9.17, 15) is 14.0 Å². The van der Waals surface area contributed by atoms with E-state index in [1.807, 2.05) is 0 Å². The molecule has 1 aromatic heterocycles. The topological polar surface area (TPSA) is 88.4 Å². The van der Waals surface area contributed by atoms with Crippen molar-refractivity contribution in [2.24, 2.45) is 5.73 Å². The Morgan fingerprint density at radius 1 is 1.45 bits per heavy atom. The molecule has 0 saturated carbocycles. The number of amides is 2. The van der Waals surface area contributed by atoms with Crippen LogP contribution in [0.5, 0.6) is 0 Å². The summed E-state index contributed by atoms with van der Waals surface area (Å²) in [6.07, 6.45) is 0. The minimum atomic E-state index is -1.20. The lowest BCUT2D eigenvalue weighted by Gasteiger charge is -2.38. The number of nitrogens with two attached hydrogens (primary N) is 1. The quantitative estimate of drug-likeness (QED) is 0.868. The monoisotopic (exact) mass is 305 g/mol. The van der Waals surface area contributed by atoms with E-state index >= 15 is 0 Å². The zero-order valence-electron chi connectivity index (χ0n) is 12.1. The number of carbonyl (C=O) groups is 2. The van der Waals surface area contributed by atoms with Gasteiger partial charge in [0.15, 0.2) is 5.60 Å². The summed E-state index contributed by atoms with van der Waals surface area (Å²) in [7, 11) is 0. The summed E-state index contributed by atoms with van der Waals surface area (Å²) >= 11 is 0. The van der Waals surface area contributed by atoms with Crippen molar-refractivity contribution in [2.45, 2.75) is 12.5 Å². The van der Waals surface area contributed by atoms with E-state index in [4.69, 9.17) is 10.5 Å². The number of nitrogens with one attached hydrogen (secondary N) is 1. The number of rotatable bonds is 2. The van der Waals surface area contributed by atoms with Crippen LogP contribution in [0.25, 0.3) is 10.9 Å². The molecule has 2 aromatic rings. The highest BCUT2D eigenvalue weighted by atomic mass is 19.1. The first-order chi connectivity index (χ1) is 10.4. The molecule has 116 valence electrons. The van der Waals surface area contributed by atoms with Crippen LogP contribution in [0.15, 0.2) is 24.3 Å². The Kier molecular flexibility index (Phi) is 3.37. The van der Waals surface area contributed by atoms with E-state index in [1.54, 1.807) is 25.1 Å². The number of hydrogen-bond donors (Lipinski definition) is 2. The molecule has 1 aliphatic rings. The fourth-order valence-electron chi connectivity index (χ4n) is 2.60. The summed E-state index contributed by atoms with van der Waals surface area (Å²) < 4.78 is 19.1. The number of H-pyrrole nitrogens is 1. The number of para-hydroxylation sites is 1. The smallest absolute Gasteiger partial charge is 0.270 e. The summed E-state index contributed by atoms with van der Waals surface area (Å²) in [5, 5.41) is 0.620. The highest BCUT2D eigenvalue weighted by Crippen LogP contribution is 2.22. The van der Waals surface area contributed by atoms with Gasteiger partial charge in [0, 0.05) is 11.9 Å². The van der Waals surface area contributed by atoms with Crippen LogP contribution in [0, 0.1) is 5.82 Å². The molecular formula is C15H16FN3O3. The lowest BCUT2D eigenvalue weighted by Crippen LogP contribution is -2.58. The van der Waals surface area contributed by atoms with E-state index in [0.717, 1.165) is 0 Å². The lowest BCUT2D eigenvalue weighted by atomic mass is 10.0. The van der Waals surface area contributed by atoms with Gasteiger partial charge < -0.3 is 20.4 Å². The number of carbonyl (C=O) groups excluding carboxylic acids is 2. The summed E-state index contributed by atoms with van der Waals surface area (Å²) in [4.78, 5) is 28.3. The Hall–Kier alpha value is -2.41. The van der Waals surface area contributed by atoms with Crippen molar-refractivity contribution < 1.29 is 18.7 Å². The Bertz CT molecular complexity index is 758. The molecule has 2 heterocycles. The molecule has 0 radical (unpaired) electrons. The van der Waals surface area contributed by atoms with Gasteiger partial charge in [-0.05, 0) is 19.1 Å². The van der Waals surface area contributed by atoms with E-state index in [2.05, 4.69) is 4.98 Å². The second-order valence-electron chi connectivity index (χ2n) is 5.56. The number of fused-ring (bicyclic) bond motifs is 1. The second-order valence-corrected chi connectivity index (χ2v) is 5.56. The lowest BCUT2D eigenvalue weighted by molar-refractivity contribution is -0.150. The SMILES string of the molecule is C[C@]1(C(N)=O)CN(C(=O)c2cc3cccc(F)c3[nH]2)CCO1. The number of morpholine rings is 1. The standard InChI is InChI=1S/C15H16FN3O3/c1-15(14(17)21)8-19(5-6-22-15)13(20)11-7-9-3-2-4-10(16)12(9)18-11/h2-4,7,18H,5-6,8H2,1H3,(H2,17,21)/t15-/m1/s1. The molecule has 1 aromatic carbocycles. The predicted molar refractivity (Wildman–Crippen MR) is 77.7 cm³/mol. The van der Waals surface area contributed by atoms with Crippen LogP contribution in [-0.2, 0) is 9.53 Å². The molecule has 0 unspecified atom stereocenters. The molecular weight excluding hydrogens is 289 g/mol. The van der Waals surface area contributed by atoms with Crippen LogP contribution in [-0.4, -0.2) is 47.0 Å². The zero-order valence-corrected chi connectivity index (χ0v) is 12.1. The summed E-state index contributed by atoms with van der Waals surface area (Å²) in [5.41, 5.74) is 4.68. The number of hydrogen-bond acceptors (Lipinski definition) is 3. The maximum atomic E-state index is 13.7. The van der Waals surface area contributed by atoms with Crippen LogP contribution in [0.3, 0.4) is 0 Å². The van der Waals surface area contributed by atoms with Gasteiger partial charge in [0.1, 0.15) is 11.5 Å². The summed E-state index contributed by atoms with van der Waals surface area (Å²) in [6.45, 7) is 2.19. The van der Waals surface area contributed by atoms with Crippen molar-refractivity contribution in [1.29, 1.82) is 0 Å². The maximum absolute atomic E-state index is 13.7. The van der Waals surface area contributed by atoms with Crippen molar-refractivity contribution >= 4 is 22.7 Å². The van der Waals surface area contributed by atoms with Crippen LogP contribution in [0.2, 0.25) is 0 Å². The molecule has 2 amide bonds. The third-order valence-corrected chi connectivity index (χ3v) is 3.92. The largest absolute Gasteiger partial charge is 0.367 e. The third kappa shape index (κ3) is 2.33. The van der Waals surface area contributed by atoms with Crippen molar-refractivity contribution in [3.8, 4) is 0 Å². The molecule has 0 bridgehead atoms. The number of nitrogens with zero attached hydrogens (tertiary/aromatic N) is 1. The minimum absolute atomic E-state index is 0.0685. The Labute approximate surface area is 126 Å². The number of halogens is 1. The maximum Gasteiger partial charge on any atom is 0.270 e. The van der Waals surface area contributed by atoms with Crippen LogP contribution < -0.4 is 5.73 Å². The molecule has 7 heteroatoms. The Balaban J connectivity index is 1.89. The first-order valence-corrected chi connectivity index (χ1v) is 6.91. The Morgan fingerprint density at radius 3 is 2.91 bits per heavy atom. The van der Waals surface area contributed by atoms with Crippen molar-refractivity contribution in [3.63, 3.8) is 0 Å². The first kappa shape index (κ1) is 14.5. The molecule has 0 aliphatic carbocycles. The van der Waals surface area contributed by atoms with Crippen molar-refractivity contribution in [2.75, 3.05) is 19.7 Å². The normalized spacial score (nSPS) is 22.0. The average molecular weight is 305 g/mol. The fraction of sp³-hybridized carbons (Fsp3) is 0.333. The van der Waals surface area contributed by atoms with Crippen molar-refractivity contribution in [1.82, 2.24) is 9.88 Å². The van der Waals surface area contributed by atoms with Crippen LogP contribution >= 0.6 is 0 Å². The number of benzene rings is 1. The average Bonchev–Trinajstić information content (AvgIpc) is 2.92. The molecule has 0 spiro atoms. The highest BCUT2D eigenvalue weighted by molar-refractivity contribution is 5.98. The second kappa shape index (κ2) is 5.10. The zero-order chi connectivity index (χ0) is 15.9. The molecule has 3 rings (SSSR count). The van der Waals surface area contributed by atoms with Gasteiger partial charge in [-0.25, -0.2) is 4.39 Å². The molecule has 22 heavy (non-hydrogen) atoms. The van der Waals surface area contributed by atoms with Gasteiger partial charge in [-0.15, -0.1) is 0 Å². The molecule has 1 atom stereocenters. The first-order valence-electron chi connectivity index (χ1n) is 6.91. The summed E-state index contributed by atoms with van der Waals surface area (Å²) in [6, 6.07) is 6.22. The van der Waals surface area contributed by atoms with Crippen LogP contribution in [0.4, 0.5) is 4.39 Å². The predicted octanol–water partition coefficient (Wildman–Crippen LogP) is 1.02. The van der Waals surface area contributed by atoms with Gasteiger partial charge >= 0.3 is 0 Å². The highest BCUT2D eigenvalue weighted by Gasteiger charge is 2.39. The molecule has 1 saturated heterocycles. The van der Waals surface area contributed by atoms with E-state index < -0.39 is 17.3 Å². The number of aromatic amines is 1. The van der Waals surface area contributed by atoms with Crippen LogP contribution in [0.1, 0.15) is 17.4 Å². The minimum Gasteiger partial charge on any atom is -0.367 e. The van der Waals surface area contributed by atoms with Gasteiger partial charge in [-0.2, -0.15) is 0 Å². The third-order valence-electron chi connectivity index (χ3n) is 3.92. The molecule has 1 aliphatic heterocycles. The van der Waals surface area contributed by atoms with Gasteiger partial charge in [0.25, 0.3) is 11.8 Å². The van der Waals surface area contributed by atoms with Gasteiger partial charge in [0.05, 0.1) is 18.7 Å². The van der Waals surface area contributed by atoms with Gasteiger partial charge in [0.2, 0.25) is 0 Å². The number of ether oxygens (including phenoxy) is 1. The fourth-order valence-corrected chi connectivity index (χ4v) is 2.60. The van der Waals surface area contributed by atoms with E-state index in [0.29, 0.717) is 11.9 Å².